The van der Waals surface area contributed by atoms with Crippen LogP contribution in [-0.4, -0.2) is 29.7 Å². The number of ether oxygens (including phenoxy) is 1. The zero-order valence-electron chi connectivity index (χ0n) is 9.79. The van der Waals surface area contributed by atoms with Crippen LogP contribution in [0.5, 0.6) is 0 Å². The molecule has 0 aliphatic carbocycles. The third-order valence-electron chi connectivity index (χ3n) is 2.12. The van der Waals surface area contributed by atoms with Crippen LogP contribution >= 0.6 is 11.6 Å². The fraction of sp³-hybridized carbons (Fsp3) is 0.636. The van der Waals surface area contributed by atoms with Gasteiger partial charge in [0.25, 0.3) is 0 Å². The van der Waals surface area contributed by atoms with E-state index in [1.165, 1.54) is 0 Å². The predicted molar refractivity (Wildman–Crippen MR) is 66.0 cm³/mol. The quantitative estimate of drug-likeness (QED) is 0.591. The number of unbranched alkanes of at least 4 members (excludes halogenated alkanes) is 1. The highest BCUT2D eigenvalue weighted by Crippen LogP contribution is 2.11. The Morgan fingerprint density at radius 1 is 1.44 bits per heavy atom. The highest BCUT2D eigenvalue weighted by molar-refractivity contribution is 6.28. The lowest BCUT2D eigenvalue weighted by molar-refractivity contribution is 0.141. The molecular weight excluding hydrogens is 226 g/mol. The maximum atomic E-state index is 5.70. The van der Waals surface area contributed by atoms with Crippen molar-refractivity contribution < 1.29 is 4.74 Å². The molecule has 90 valence electrons. The van der Waals surface area contributed by atoms with Gasteiger partial charge < -0.3 is 10.1 Å². The molecule has 5 heteroatoms. The molecule has 1 heterocycles. The summed E-state index contributed by atoms with van der Waals surface area (Å²) < 4.78 is 5.43. The van der Waals surface area contributed by atoms with Crippen molar-refractivity contribution in [3.63, 3.8) is 0 Å². The Bertz CT molecular complexity index is 320. The first kappa shape index (κ1) is 13.2. The van der Waals surface area contributed by atoms with E-state index in [1.54, 1.807) is 6.20 Å². The lowest BCUT2D eigenvalue weighted by Gasteiger charge is -2.08. The van der Waals surface area contributed by atoms with E-state index in [4.69, 9.17) is 16.3 Å². The first-order valence-electron chi connectivity index (χ1n) is 5.54. The molecule has 0 spiro atoms. The van der Waals surface area contributed by atoms with E-state index >= 15 is 0 Å². The summed E-state index contributed by atoms with van der Waals surface area (Å²) in [7, 11) is 0. The second-order valence-electron chi connectivity index (χ2n) is 3.56. The van der Waals surface area contributed by atoms with Crippen LogP contribution in [0, 0.1) is 6.92 Å². The number of rotatable bonds is 7. The fourth-order valence-electron chi connectivity index (χ4n) is 1.19. The van der Waals surface area contributed by atoms with Crippen LogP contribution < -0.4 is 5.32 Å². The Morgan fingerprint density at radius 3 is 3.00 bits per heavy atom. The van der Waals surface area contributed by atoms with E-state index in [1.807, 2.05) is 6.92 Å². The van der Waals surface area contributed by atoms with Crippen LogP contribution in [-0.2, 0) is 4.74 Å². The SMILES string of the molecule is CCCCOCCNc1nc(Cl)ncc1C. The number of halogens is 1. The van der Waals surface area contributed by atoms with Crippen molar-refractivity contribution in [2.24, 2.45) is 0 Å². The molecule has 0 unspecified atom stereocenters. The van der Waals surface area contributed by atoms with Gasteiger partial charge in [-0.05, 0) is 24.9 Å². The standard InChI is InChI=1S/C11H18ClN3O/c1-3-4-6-16-7-5-13-10-9(2)8-14-11(12)15-10/h8H,3-7H2,1-2H3,(H,13,14,15). The topological polar surface area (TPSA) is 47.0 Å². The molecule has 0 bridgehead atoms. The Balaban J connectivity index is 2.23. The molecule has 4 nitrogen and oxygen atoms in total. The molecule has 0 atom stereocenters. The normalized spacial score (nSPS) is 10.4. The molecule has 0 saturated carbocycles. The van der Waals surface area contributed by atoms with Gasteiger partial charge in [-0.1, -0.05) is 13.3 Å². The van der Waals surface area contributed by atoms with Crippen LogP contribution in [0.15, 0.2) is 6.20 Å². The maximum absolute atomic E-state index is 5.70. The van der Waals surface area contributed by atoms with Crippen molar-refractivity contribution in [3.8, 4) is 0 Å². The number of hydrogen-bond acceptors (Lipinski definition) is 4. The van der Waals surface area contributed by atoms with Gasteiger partial charge in [0.05, 0.1) is 6.61 Å². The molecule has 0 saturated heterocycles. The zero-order valence-corrected chi connectivity index (χ0v) is 10.5. The summed E-state index contributed by atoms with van der Waals surface area (Å²) >= 11 is 5.70. The Kier molecular flexibility index (Phi) is 6.11. The number of aryl methyl sites for hydroxylation is 1. The summed E-state index contributed by atoms with van der Waals surface area (Å²) in [4.78, 5) is 7.99. The van der Waals surface area contributed by atoms with Crippen molar-refractivity contribution in [1.29, 1.82) is 0 Å². The number of anilines is 1. The monoisotopic (exact) mass is 243 g/mol. The third-order valence-corrected chi connectivity index (χ3v) is 2.31. The van der Waals surface area contributed by atoms with E-state index in [0.717, 1.165) is 37.4 Å². The van der Waals surface area contributed by atoms with Gasteiger partial charge in [-0.25, -0.2) is 9.97 Å². The molecule has 0 aliphatic heterocycles. The molecule has 0 radical (unpaired) electrons. The molecule has 1 aromatic heterocycles. The molecule has 1 aromatic rings. The van der Waals surface area contributed by atoms with Crippen molar-refractivity contribution in [2.75, 3.05) is 25.1 Å². The van der Waals surface area contributed by atoms with Gasteiger partial charge in [-0.3, -0.25) is 0 Å². The van der Waals surface area contributed by atoms with Gasteiger partial charge in [0.2, 0.25) is 5.28 Å². The summed E-state index contributed by atoms with van der Waals surface area (Å²) in [6.45, 7) is 6.32. The zero-order chi connectivity index (χ0) is 11.8. The molecular formula is C11H18ClN3O. The van der Waals surface area contributed by atoms with Gasteiger partial charge in [0.1, 0.15) is 5.82 Å². The first-order valence-corrected chi connectivity index (χ1v) is 5.92. The molecule has 1 rings (SSSR count). The van der Waals surface area contributed by atoms with Crippen LogP contribution in [0.4, 0.5) is 5.82 Å². The molecule has 0 amide bonds. The number of aromatic nitrogens is 2. The average Bonchev–Trinajstić information content (AvgIpc) is 2.28. The van der Waals surface area contributed by atoms with Crippen molar-refractivity contribution in [2.45, 2.75) is 26.7 Å². The van der Waals surface area contributed by atoms with E-state index in [2.05, 4.69) is 22.2 Å². The number of hydrogen-bond donors (Lipinski definition) is 1. The summed E-state index contributed by atoms with van der Waals surface area (Å²) in [5.74, 6) is 0.777. The Morgan fingerprint density at radius 2 is 2.25 bits per heavy atom. The summed E-state index contributed by atoms with van der Waals surface area (Å²) in [6.07, 6.45) is 3.97. The average molecular weight is 244 g/mol. The summed E-state index contributed by atoms with van der Waals surface area (Å²) in [5, 5.41) is 3.43. The number of nitrogens with one attached hydrogen (secondary N) is 1. The largest absolute Gasteiger partial charge is 0.380 e. The van der Waals surface area contributed by atoms with E-state index in [0.29, 0.717) is 6.61 Å². The lowest BCUT2D eigenvalue weighted by atomic mass is 10.3. The maximum Gasteiger partial charge on any atom is 0.224 e. The second-order valence-corrected chi connectivity index (χ2v) is 3.90. The van der Waals surface area contributed by atoms with Gasteiger partial charge in [-0.2, -0.15) is 0 Å². The number of nitrogens with zero attached hydrogens (tertiary/aromatic N) is 2. The minimum Gasteiger partial charge on any atom is -0.380 e. The van der Waals surface area contributed by atoms with Crippen LogP contribution in [0.2, 0.25) is 5.28 Å². The molecule has 1 N–H and O–H groups in total. The Labute approximate surface area is 101 Å². The molecule has 16 heavy (non-hydrogen) atoms. The van der Waals surface area contributed by atoms with Gasteiger partial charge >= 0.3 is 0 Å². The molecule has 0 aliphatic rings. The lowest BCUT2D eigenvalue weighted by Crippen LogP contribution is -2.12. The van der Waals surface area contributed by atoms with Gasteiger partial charge in [0, 0.05) is 24.9 Å². The first-order chi connectivity index (χ1) is 7.74. The third kappa shape index (κ3) is 4.77. The van der Waals surface area contributed by atoms with Crippen LogP contribution in [0.1, 0.15) is 25.3 Å². The fourth-order valence-corrected chi connectivity index (χ4v) is 1.32. The van der Waals surface area contributed by atoms with Crippen LogP contribution in [0.3, 0.4) is 0 Å². The van der Waals surface area contributed by atoms with Crippen molar-refractivity contribution in [3.05, 3.63) is 17.0 Å². The molecule has 0 fully saturated rings. The second kappa shape index (κ2) is 7.41. The minimum atomic E-state index is 0.264. The highest BCUT2D eigenvalue weighted by Gasteiger charge is 2.00. The van der Waals surface area contributed by atoms with E-state index in [9.17, 15) is 0 Å². The van der Waals surface area contributed by atoms with E-state index < -0.39 is 0 Å². The highest BCUT2D eigenvalue weighted by atomic mass is 35.5. The van der Waals surface area contributed by atoms with E-state index in [-0.39, 0.29) is 5.28 Å². The smallest absolute Gasteiger partial charge is 0.224 e. The minimum absolute atomic E-state index is 0.264. The Hall–Kier alpha value is -0.870. The van der Waals surface area contributed by atoms with Crippen molar-refractivity contribution >= 4 is 17.4 Å². The summed E-state index contributed by atoms with van der Waals surface area (Å²) in [6, 6.07) is 0. The van der Waals surface area contributed by atoms with Gasteiger partial charge in [-0.15, -0.1) is 0 Å². The van der Waals surface area contributed by atoms with Crippen LogP contribution in [0.25, 0.3) is 0 Å². The summed E-state index contributed by atoms with van der Waals surface area (Å²) in [5.41, 5.74) is 0.984. The van der Waals surface area contributed by atoms with Crippen molar-refractivity contribution in [1.82, 2.24) is 9.97 Å². The predicted octanol–water partition coefficient (Wildman–Crippen LogP) is 2.67. The van der Waals surface area contributed by atoms with Gasteiger partial charge in [0.15, 0.2) is 0 Å². The molecule has 0 aromatic carbocycles.